The average molecular weight is 479 g/mol. The average Bonchev–Trinajstić information content (AvgIpc) is 3.07. The summed E-state index contributed by atoms with van der Waals surface area (Å²) < 4.78 is 0. The van der Waals surface area contributed by atoms with E-state index in [1.165, 1.54) is 5.01 Å². The molecule has 0 radical (unpaired) electrons. The Morgan fingerprint density at radius 1 is 1.40 bits per heavy atom. The van der Waals surface area contributed by atoms with Crippen LogP contribution in [-0.2, 0) is 17.8 Å². The van der Waals surface area contributed by atoms with Gasteiger partial charge in [-0.1, -0.05) is 6.92 Å². The molecule has 1 aromatic rings. The van der Waals surface area contributed by atoms with Crippen LogP contribution in [-0.4, -0.2) is 48.4 Å². The molecule has 1 amide bonds. The first-order valence-corrected chi connectivity index (χ1v) is 9.71. The number of aryl methyl sites for hydroxylation is 1. The lowest BCUT2D eigenvalue weighted by molar-refractivity contribution is -0.121. The third-order valence-electron chi connectivity index (χ3n) is 4.29. The highest BCUT2D eigenvalue weighted by Gasteiger charge is 2.23. The van der Waals surface area contributed by atoms with Gasteiger partial charge in [-0.2, -0.15) is 0 Å². The van der Waals surface area contributed by atoms with Crippen LogP contribution in [0, 0.1) is 5.92 Å². The molecule has 142 valence electrons. The minimum absolute atomic E-state index is 0. The lowest BCUT2D eigenvalue weighted by Crippen LogP contribution is -2.46. The van der Waals surface area contributed by atoms with E-state index in [2.05, 4.69) is 39.7 Å². The molecule has 0 aliphatic carbocycles. The van der Waals surface area contributed by atoms with Crippen LogP contribution in [0.15, 0.2) is 10.4 Å². The molecule has 2 rings (SSSR count). The van der Waals surface area contributed by atoms with Gasteiger partial charge in [-0.15, -0.1) is 35.3 Å². The molecule has 1 aliphatic rings. The summed E-state index contributed by atoms with van der Waals surface area (Å²) in [5.41, 5.74) is 1.04. The van der Waals surface area contributed by atoms with E-state index in [1.54, 1.807) is 18.4 Å². The van der Waals surface area contributed by atoms with Crippen molar-refractivity contribution in [2.45, 2.75) is 46.1 Å². The second-order valence-corrected chi connectivity index (χ2v) is 7.01. The van der Waals surface area contributed by atoms with E-state index in [-0.39, 0.29) is 29.9 Å². The number of amides is 1. The van der Waals surface area contributed by atoms with Crippen molar-refractivity contribution in [1.29, 1.82) is 0 Å². The number of piperidine rings is 1. The molecule has 8 heteroatoms. The summed E-state index contributed by atoms with van der Waals surface area (Å²) in [5.74, 6) is 1.58. The molecule has 25 heavy (non-hydrogen) atoms. The molecule has 6 nitrogen and oxygen atoms in total. The molecule has 0 saturated carbocycles. The van der Waals surface area contributed by atoms with Crippen LogP contribution in [0.25, 0.3) is 0 Å². The van der Waals surface area contributed by atoms with E-state index in [0.29, 0.717) is 18.9 Å². The maximum absolute atomic E-state index is 11.5. The number of thiazole rings is 1. The van der Waals surface area contributed by atoms with Crippen molar-refractivity contribution in [3.63, 3.8) is 0 Å². The lowest BCUT2D eigenvalue weighted by atomic mass is 9.93. The first-order chi connectivity index (χ1) is 11.7. The largest absolute Gasteiger partial charge is 0.359 e. The number of halogens is 1. The molecule has 1 aromatic heterocycles. The summed E-state index contributed by atoms with van der Waals surface area (Å²) in [7, 11) is 1.70. The molecule has 1 aliphatic heterocycles. The molecule has 0 spiro atoms. The Balaban J connectivity index is 0.00000312. The molecule has 0 aromatic carbocycles. The van der Waals surface area contributed by atoms with Gasteiger partial charge in [-0.05, 0) is 32.1 Å². The van der Waals surface area contributed by atoms with Gasteiger partial charge < -0.3 is 15.5 Å². The van der Waals surface area contributed by atoms with Gasteiger partial charge in [0.1, 0.15) is 0 Å². The summed E-state index contributed by atoms with van der Waals surface area (Å²) >= 11 is 1.71. The Morgan fingerprint density at radius 3 is 2.68 bits per heavy atom. The van der Waals surface area contributed by atoms with Crippen molar-refractivity contribution >= 4 is 47.2 Å². The third-order valence-corrected chi connectivity index (χ3v) is 5.34. The number of rotatable bonds is 6. The quantitative estimate of drug-likeness (QED) is 0.374. The Labute approximate surface area is 171 Å². The summed E-state index contributed by atoms with van der Waals surface area (Å²) in [4.78, 5) is 23.2. The zero-order chi connectivity index (χ0) is 17.4. The van der Waals surface area contributed by atoms with Gasteiger partial charge in [-0.3, -0.25) is 4.79 Å². The smallest absolute Gasteiger partial charge is 0.220 e. The molecule has 0 bridgehead atoms. The number of aliphatic imine (C=N–C) groups is 1. The number of likely N-dealkylation sites (tertiary alicyclic amines) is 1. The number of guanidine groups is 1. The van der Waals surface area contributed by atoms with Crippen molar-refractivity contribution in [2.75, 3.05) is 26.7 Å². The van der Waals surface area contributed by atoms with Crippen LogP contribution in [0.5, 0.6) is 0 Å². The van der Waals surface area contributed by atoms with Gasteiger partial charge in [0.15, 0.2) is 5.96 Å². The van der Waals surface area contributed by atoms with E-state index < -0.39 is 0 Å². The standard InChI is InChI=1S/C17H29N5OS.HI/c1-4-16-21-14(12-24-16)11-20-17(19-5-2)22-8-6-13(7-9-22)10-15(23)18-3;/h12-13H,4-11H2,1-3H3,(H,18,23)(H,19,20);1H. The Bertz CT molecular complexity index is 555. The monoisotopic (exact) mass is 479 g/mol. The SMILES string of the molecule is CCNC(=NCc1csc(CC)n1)N1CCC(CC(=O)NC)CC1.I. The Morgan fingerprint density at radius 2 is 2.12 bits per heavy atom. The molecular weight excluding hydrogens is 449 g/mol. The van der Waals surface area contributed by atoms with Gasteiger partial charge >= 0.3 is 0 Å². The van der Waals surface area contributed by atoms with Crippen LogP contribution in [0.1, 0.15) is 43.8 Å². The molecule has 2 N–H and O–H groups in total. The fourth-order valence-corrected chi connectivity index (χ4v) is 3.61. The minimum Gasteiger partial charge on any atom is -0.359 e. The number of nitrogens with one attached hydrogen (secondary N) is 2. The normalized spacial score (nSPS) is 15.6. The first kappa shape index (κ1) is 22.1. The van der Waals surface area contributed by atoms with Crippen LogP contribution in [0.3, 0.4) is 0 Å². The molecular formula is C17H30IN5OS. The Hall–Kier alpha value is -0.900. The zero-order valence-corrected chi connectivity index (χ0v) is 18.5. The highest BCUT2D eigenvalue weighted by Crippen LogP contribution is 2.20. The van der Waals surface area contributed by atoms with Crippen molar-refractivity contribution in [3.8, 4) is 0 Å². The highest BCUT2D eigenvalue weighted by molar-refractivity contribution is 14.0. The van der Waals surface area contributed by atoms with E-state index in [0.717, 1.165) is 50.6 Å². The Kier molecular flexibility index (Phi) is 10.3. The maximum atomic E-state index is 11.5. The molecule has 0 unspecified atom stereocenters. The maximum Gasteiger partial charge on any atom is 0.220 e. The first-order valence-electron chi connectivity index (χ1n) is 8.83. The molecule has 0 atom stereocenters. The van der Waals surface area contributed by atoms with Crippen molar-refractivity contribution in [2.24, 2.45) is 10.9 Å². The fourth-order valence-electron chi connectivity index (χ4n) is 2.88. The predicted octanol–water partition coefficient (Wildman–Crippen LogP) is 2.64. The summed E-state index contributed by atoms with van der Waals surface area (Å²) in [6.07, 6.45) is 3.69. The van der Waals surface area contributed by atoms with Gasteiger partial charge in [0.2, 0.25) is 5.91 Å². The summed E-state index contributed by atoms with van der Waals surface area (Å²) in [5, 5.41) is 9.37. The lowest BCUT2D eigenvalue weighted by Gasteiger charge is -2.34. The second-order valence-electron chi connectivity index (χ2n) is 6.06. The van der Waals surface area contributed by atoms with Crippen LogP contribution in [0.4, 0.5) is 0 Å². The topological polar surface area (TPSA) is 69.6 Å². The van der Waals surface area contributed by atoms with Crippen molar-refractivity contribution in [1.82, 2.24) is 20.5 Å². The predicted molar refractivity (Wildman–Crippen MR) is 115 cm³/mol. The van der Waals surface area contributed by atoms with Crippen LogP contribution < -0.4 is 10.6 Å². The summed E-state index contributed by atoms with van der Waals surface area (Å²) in [6.45, 7) is 7.59. The zero-order valence-electron chi connectivity index (χ0n) is 15.4. The van der Waals surface area contributed by atoms with E-state index in [1.807, 2.05) is 0 Å². The van der Waals surface area contributed by atoms with Crippen molar-refractivity contribution < 1.29 is 4.79 Å². The number of carbonyl (C=O) groups excluding carboxylic acids is 1. The molecule has 2 heterocycles. The van der Waals surface area contributed by atoms with Gasteiger partial charge in [0.05, 0.1) is 17.2 Å². The number of hydrogen-bond donors (Lipinski definition) is 2. The number of carbonyl (C=O) groups is 1. The number of nitrogens with zero attached hydrogens (tertiary/aromatic N) is 3. The van der Waals surface area contributed by atoms with Crippen molar-refractivity contribution in [3.05, 3.63) is 16.1 Å². The molecule has 1 fully saturated rings. The fraction of sp³-hybridized carbons (Fsp3) is 0.706. The second kappa shape index (κ2) is 11.7. The minimum atomic E-state index is 0. The highest BCUT2D eigenvalue weighted by atomic mass is 127. The number of aromatic nitrogens is 1. The van der Waals surface area contributed by atoms with Crippen LogP contribution >= 0.6 is 35.3 Å². The third kappa shape index (κ3) is 7.08. The van der Waals surface area contributed by atoms with Crippen LogP contribution in [0.2, 0.25) is 0 Å². The van der Waals surface area contributed by atoms with E-state index in [9.17, 15) is 4.79 Å². The van der Waals surface area contributed by atoms with Gasteiger partial charge in [-0.25, -0.2) is 9.98 Å². The molecule has 1 saturated heterocycles. The van der Waals surface area contributed by atoms with Gasteiger partial charge in [0, 0.05) is 38.5 Å². The van der Waals surface area contributed by atoms with Gasteiger partial charge in [0.25, 0.3) is 0 Å². The van der Waals surface area contributed by atoms with E-state index in [4.69, 9.17) is 4.99 Å². The number of hydrogen-bond acceptors (Lipinski definition) is 4. The summed E-state index contributed by atoms with van der Waals surface area (Å²) in [6, 6.07) is 0. The van der Waals surface area contributed by atoms with E-state index >= 15 is 0 Å².